The topological polar surface area (TPSA) is 43.9 Å². The minimum atomic E-state index is -0.270. The third-order valence-corrected chi connectivity index (χ3v) is 8.65. The van der Waals surface area contributed by atoms with Gasteiger partial charge in [-0.1, -0.05) is 42.5 Å². The van der Waals surface area contributed by atoms with Gasteiger partial charge in [0.1, 0.15) is 0 Å². The molecule has 2 aromatic carbocycles. The van der Waals surface area contributed by atoms with Crippen LogP contribution in [0.5, 0.6) is 0 Å². The van der Waals surface area contributed by atoms with E-state index in [0.717, 1.165) is 31.6 Å². The molecule has 1 spiro atoms. The van der Waals surface area contributed by atoms with Crippen LogP contribution in [0.25, 0.3) is 0 Å². The van der Waals surface area contributed by atoms with Crippen molar-refractivity contribution >= 4 is 17.5 Å². The number of hydrogen-bond donors (Lipinski definition) is 0. The minimum Gasteiger partial charge on any atom is -0.364 e. The Morgan fingerprint density at radius 3 is 2.41 bits per heavy atom. The number of aryl methyl sites for hydroxylation is 1. The fourth-order valence-corrected chi connectivity index (χ4v) is 7.10. The van der Waals surface area contributed by atoms with Crippen molar-refractivity contribution in [2.24, 2.45) is 11.8 Å². The SMILES string of the molecule is CN1C(=O)[C@@H]2[C@@H](CN(c3ccccc3)C23CCN([C@@H]2CCCc4ccccc42)CC3)C1=O. The number of para-hydroxylation sites is 1. The molecule has 0 radical (unpaired) electrons. The number of imide groups is 1. The van der Waals surface area contributed by atoms with Crippen molar-refractivity contribution in [3.63, 3.8) is 0 Å². The van der Waals surface area contributed by atoms with E-state index in [9.17, 15) is 9.59 Å². The van der Waals surface area contributed by atoms with Gasteiger partial charge in [0.25, 0.3) is 0 Å². The maximum Gasteiger partial charge on any atom is 0.235 e. The van der Waals surface area contributed by atoms with Gasteiger partial charge in [-0.2, -0.15) is 0 Å². The molecule has 2 amide bonds. The molecule has 5 nitrogen and oxygen atoms in total. The molecule has 0 aromatic heterocycles. The van der Waals surface area contributed by atoms with Crippen molar-refractivity contribution in [3.05, 3.63) is 65.7 Å². The average molecular weight is 430 g/mol. The first-order chi connectivity index (χ1) is 15.6. The number of amides is 2. The molecule has 166 valence electrons. The molecule has 5 heteroatoms. The largest absolute Gasteiger partial charge is 0.364 e. The Kier molecular flexibility index (Phi) is 4.65. The van der Waals surface area contributed by atoms with E-state index in [-0.39, 0.29) is 29.2 Å². The van der Waals surface area contributed by atoms with Gasteiger partial charge >= 0.3 is 0 Å². The van der Waals surface area contributed by atoms with Gasteiger partial charge in [-0.15, -0.1) is 0 Å². The third-order valence-electron chi connectivity index (χ3n) is 8.65. The second kappa shape index (κ2) is 7.45. The third kappa shape index (κ3) is 2.80. The second-order valence-electron chi connectivity index (χ2n) is 10.0. The summed E-state index contributed by atoms with van der Waals surface area (Å²) in [6.45, 7) is 2.59. The van der Waals surface area contributed by atoms with Gasteiger partial charge in [-0.25, -0.2) is 0 Å². The molecule has 3 saturated heterocycles. The maximum atomic E-state index is 13.3. The number of anilines is 1. The quantitative estimate of drug-likeness (QED) is 0.684. The van der Waals surface area contributed by atoms with Crippen LogP contribution in [0, 0.1) is 11.8 Å². The molecule has 0 bridgehead atoms. The summed E-state index contributed by atoms with van der Waals surface area (Å²) < 4.78 is 0. The van der Waals surface area contributed by atoms with Gasteiger partial charge < -0.3 is 4.90 Å². The smallest absolute Gasteiger partial charge is 0.235 e. The molecule has 0 N–H and O–H groups in total. The maximum absolute atomic E-state index is 13.3. The highest BCUT2D eigenvalue weighted by molar-refractivity contribution is 6.07. The van der Waals surface area contributed by atoms with Gasteiger partial charge in [0.2, 0.25) is 11.8 Å². The monoisotopic (exact) mass is 429 g/mol. The lowest BCUT2D eigenvalue weighted by molar-refractivity contribution is -0.139. The van der Waals surface area contributed by atoms with Gasteiger partial charge in [0.05, 0.1) is 17.4 Å². The van der Waals surface area contributed by atoms with Crippen LogP contribution in [-0.2, 0) is 16.0 Å². The van der Waals surface area contributed by atoms with E-state index in [4.69, 9.17) is 0 Å². The van der Waals surface area contributed by atoms with Gasteiger partial charge in [-0.3, -0.25) is 19.4 Å². The average Bonchev–Trinajstić information content (AvgIpc) is 3.28. The van der Waals surface area contributed by atoms with Crippen LogP contribution >= 0.6 is 0 Å². The molecule has 4 aliphatic rings. The number of benzene rings is 2. The first kappa shape index (κ1) is 20.0. The fraction of sp³-hybridized carbons (Fsp3) is 0.481. The van der Waals surface area contributed by atoms with Gasteiger partial charge in [0.15, 0.2) is 0 Å². The van der Waals surface area contributed by atoms with Crippen molar-refractivity contribution in [1.29, 1.82) is 0 Å². The number of nitrogens with zero attached hydrogens (tertiary/aromatic N) is 3. The van der Waals surface area contributed by atoms with Crippen LogP contribution in [0.3, 0.4) is 0 Å². The zero-order chi connectivity index (χ0) is 21.9. The summed E-state index contributed by atoms with van der Waals surface area (Å²) in [5.74, 6) is -0.410. The highest BCUT2D eigenvalue weighted by atomic mass is 16.2. The number of carbonyl (C=O) groups is 2. The lowest BCUT2D eigenvalue weighted by atomic mass is 9.73. The minimum absolute atomic E-state index is 0.00134. The highest BCUT2D eigenvalue weighted by Crippen LogP contribution is 2.52. The van der Waals surface area contributed by atoms with Crippen LogP contribution in [0.1, 0.15) is 42.9 Å². The Hall–Kier alpha value is -2.66. The van der Waals surface area contributed by atoms with Crippen LogP contribution in [0.4, 0.5) is 5.69 Å². The summed E-state index contributed by atoms with van der Waals surface area (Å²) in [6.07, 6.45) is 5.47. The Bertz CT molecular complexity index is 1040. The van der Waals surface area contributed by atoms with Gasteiger partial charge in [-0.05, 0) is 55.4 Å². The lowest BCUT2D eigenvalue weighted by Crippen LogP contribution is -2.58. The van der Waals surface area contributed by atoms with Crippen LogP contribution in [-0.4, -0.2) is 53.8 Å². The number of carbonyl (C=O) groups excluding carboxylic acids is 2. The van der Waals surface area contributed by atoms with Crippen molar-refractivity contribution in [2.45, 2.75) is 43.7 Å². The standard InChI is InChI=1S/C27H31N3O2/c1-28-25(31)22-18-30(20-10-3-2-4-11-20)27(24(22)26(28)32)14-16-29(17-15-27)23-13-7-9-19-8-5-6-12-21(19)23/h2-6,8,10-12,22-24H,7,9,13-18H2,1H3/t22-,23-,24+/m1/s1. The fourth-order valence-electron chi connectivity index (χ4n) is 7.10. The molecule has 2 aromatic rings. The summed E-state index contributed by atoms with van der Waals surface area (Å²) in [7, 11) is 1.66. The number of rotatable bonds is 2. The van der Waals surface area contributed by atoms with Crippen molar-refractivity contribution in [3.8, 4) is 0 Å². The highest BCUT2D eigenvalue weighted by Gasteiger charge is 2.64. The molecule has 32 heavy (non-hydrogen) atoms. The van der Waals surface area contributed by atoms with E-state index >= 15 is 0 Å². The molecule has 3 atom stereocenters. The Labute approximate surface area is 190 Å². The van der Waals surface area contributed by atoms with Crippen molar-refractivity contribution in [1.82, 2.24) is 9.80 Å². The molecule has 1 aliphatic carbocycles. The van der Waals surface area contributed by atoms with Crippen LogP contribution < -0.4 is 4.90 Å². The van der Waals surface area contributed by atoms with E-state index in [2.05, 4.69) is 58.3 Å². The summed E-state index contributed by atoms with van der Waals surface area (Å²) in [4.78, 5) is 32.6. The van der Waals surface area contributed by atoms with E-state index in [0.29, 0.717) is 12.6 Å². The Balaban J connectivity index is 1.32. The zero-order valence-corrected chi connectivity index (χ0v) is 18.7. The lowest BCUT2D eigenvalue weighted by Gasteiger charge is -2.50. The van der Waals surface area contributed by atoms with Crippen molar-refractivity contribution < 1.29 is 9.59 Å². The number of hydrogen-bond acceptors (Lipinski definition) is 4. The van der Waals surface area contributed by atoms with Crippen LogP contribution in [0.15, 0.2) is 54.6 Å². The van der Waals surface area contributed by atoms with E-state index in [1.54, 1.807) is 7.05 Å². The molecular weight excluding hydrogens is 398 g/mol. The molecule has 3 aliphatic heterocycles. The number of fused-ring (bicyclic) bond motifs is 3. The predicted octanol–water partition coefficient (Wildman–Crippen LogP) is 3.65. The molecule has 6 rings (SSSR count). The Morgan fingerprint density at radius 2 is 1.62 bits per heavy atom. The second-order valence-corrected chi connectivity index (χ2v) is 10.0. The summed E-state index contributed by atoms with van der Waals surface area (Å²) in [6, 6.07) is 19.8. The zero-order valence-electron chi connectivity index (χ0n) is 18.7. The summed E-state index contributed by atoms with van der Waals surface area (Å²) in [5.41, 5.74) is 3.86. The van der Waals surface area contributed by atoms with E-state index < -0.39 is 0 Å². The molecular formula is C27H31N3O2. The van der Waals surface area contributed by atoms with Crippen molar-refractivity contribution in [2.75, 3.05) is 31.6 Å². The summed E-state index contributed by atoms with van der Waals surface area (Å²) in [5, 5.41) is 0. The normalized spacial score (nSPS) is 29.5. The first-order valence-corrected chi connectivity index (χ1v) is 12.1. The van der Waals surface area contributed by atoms with E-state index in [1.165, 1.54) is 35.3 Å². The molecule has 3 fully saturated rings. The first-order valence-electron chi connectivity index (χ1n) is 12.1. The van der Waals surface area contributed by atoms with Gasteiger partial charge in [0, 0.05) is 38.4 Å². The Morgan fingerprint density at radius 1 is 0.906 bits per heavy atom. The predicted molar refractivity (Wildman–Crippen MR) is 124 cm³/mol. The molecule has 3 heterocycles. The summed E-state index contributed by atoms with van der Waals surface area (Å²) >= 11 is 0. The number of likely N-dealkylation sites (tertiary alicyclic amines) is 2. The molecule has 0 saturated carbocycles. The van der Waals surface area contributed by atoms with Crippen LogP contribution in [0.2, 0.25) is 0 Å². The van der Waals surface area contributed by atoms with E-state index in [1.807, 2.05) is 6.07 Å². The molecule has 0 unspecified atom stereocenters. The number of piperidine rings is 1.